The van der Waals surface area contributed by atoms with Gasteiger partial charge in [0.05, 0.1) is 11.4 Å². The van der Waals surface area contributed by atoms with Crippen molar-refractivity contribution in [3.05, 3.63) is 66.2 Å². The molecule has 0 aliphatic heterocycles. The molecule has 0 saturated carbocycles. The molecule has 1 aromatic carbocycles. The maximum absolute atomic E-state index is 12.8. The summed E-state index contributed by atoms with van der Waals surface area (Å²) in [5, 5.41) is 0.812. The molecule has 0 aliphatic carbocycles. The van der Waals surface area contributed by atoms with Crippen LogP contribution in [-0.2, 0) is 16.1 Å². The topological polar surface area (TPSA) is 164 Å². The van der Waals surface area contributed by atoms with Gasteiger partial charge in [-0.3, -0.25) is 14.4 Å². The van der Waals surface area contributed by atoms with E-state index in [1.54, 1.807) is 16.7 Å². The molecular weight excluding hydrogens is 441 g/mol. The van der Waals surface area contributed by atoms with Crippen LogP contribution in [-0.4, -0.2) is 42.3 Å². The van der Waals surface area contributed by atoms with Crippen LogP contribution in [0.3, 0.4) is 0 Å². The first-order chi connectivity index (χ1) is 16.4. The van der Waals surface area contributed by atoms with Crippen molar-refractivity contribution in [1.29, 1.82) is 0 Å². The van der Waals surface area contributed by atoms with Crippen LogP contribution in [0.15, 0.2) is 55.0 Å². The Bertz CT molecular complexity index is 1370. The fraction of sp³-hybridized carbons (Fsp3) is 0.136. The van der Waals surface area contributed by atoms with Crippen LogP contribution < -0.4 is 17.3 Å². The van der Waals surface area contributed by atoms with Gasteiger partial charge in [0.1, 0.15) is 17.8 Å². The van der Waals surface area contributed by atoms with Crippen molar-refractivity contribution < 1.29 is 13.9 Å². The summed E-state index contributed by atoms with van der Waals surface area (Å²) in [5.74, 6) is 5.75. The molecule has 12 heteroatoms. The lowest BCUT2D eigenvalue weighted by Crippen LogP contribution is -2.25. The Hall–Kier alpha value is -4.58. The maximum atomic E-state index is 12.8. The average Bonchev–Trinajstić information content (AvgIpc) is 3.21. The highest BCUT2D eigenvalue weighted by atomic mass is 19.1. The maximum Gasteiger partial charge on any atom is 0.302 e. The van der Waals surface area contributed by atoms with E-state index in [1.165, 1.54) is 25.5 Å². The predicted octanol–water partition coefficient (Wildman–Crippen LogP) is 1.88. The van der Waals surface area contributed by atoms with Gasteiger partial charge in [-0.1, -0.05) is 12.1 Å². The third-order valence-electron chi connectivity index (χ3n) is 4.82. The lowest BCUT2D eigenvalue weighted by molar-refractivity contribution is -0.142. The van der Waals surface area contributed by atoms with Gasteiger partial charge in [0.2, 0.25) is 0 Å². The fourth-order valence-corrected chi connectivity index (χ4v) is 3.25. The number of nitrogens with zero attached hydrogens (tertiary/aromatic N) is 6. The van der Waals surface area contributed by atoms with E-state index in [0.29, 0.717) is 34.1 Å². The quantitative estimate of drug-likeness (QED) is 0.159. The van der Waals surface area contributed by atoms with Crippen molar-refractivity contribution in [2.45, 2.75) is 13.5 Å². The molecule has 3 heterocycles. The number of ether oxygens (including phenoxy) is 1. The molecular formula is C22H22FN9O2. The van der Waals surface area contributed by atoms with Gasteiger partial charge in [0, 0.05) is 31.2 Å². The number of esters is 1. The van der Waals surface area contributed by atoms with E-state index in [2.05, 4.69) is 19.9 Å². The molecule has 3 aromatic heterocycles. The Morgan fingerprint density at radius 3 is 2.56 bits per heavy atom. The SMILES string of the molecule is CC(=O)OCc1ccc(-n2c(-c3nccnc3N)nc3ccc(/C(N)=C/N(N)CF)nc32)cc1. The molecule has 0 fully saturated rings. The number of benzene rings is 1. The highest BCUT2D eigenvalue weighted by Gasteiger charge is 2.20. The largest absolute Gasteiger partial charge is 0.461 e. The Morgan fingerprint density at radius 2 is 1.88 bits per heavy atom. The molecule has 0 spiro atoms. The van der Waals surface area contributed by atoms with Crippen LogP contribution >= 0.6 is 0 Å². The normalized spacial score (nSPS) is 11.6. The minimum atomic E-state index is -0.906. The molecule has 6 N–H and O–H groups in total. The van der Waals surface area contributed by atoms with E-state index in [4.69, 9.17) is 22.0 Å². The number of hydrazine groups is 1. The van der Waals surface area contributed by atoms with Crippen LogP contribution in [0.5, 0.6) is 0 Å². The number of alkyl halides is 1. The molecule has 0 saturated heterocycles. The molecule has 34 heavy (non-hydrogen) atoms. The average molecular weight is 463 g/mol. The predicted molar refractivity (Wildman–Crippen MR) is 124 cm³/mol. The number of fused-ring (bicyclic) bond motifs is 1. The van der Waals surface area contributed by atoms with Crippen molar-refractivity contribution >= 4 is 28.6 Å². The molecule has 0 amide bonds. The lowest BCUT2D eigenvalue weighted by atomic mass is 10.2. The van der Waals surface area contributed by atoms with E-state index in [-0.39, 0.29) is 24.1 Å². The zero-order valence-electron chi connectivity index (χ0n) is 18.2. The second-order valence-corrected chi connectivity index (χ2v) is 7.27. The van der Waals surface area contributed by atoms with Crippen LogP contribution in [0.2, 0.25) is 0 Å². The standard InChI is InChI=1S/C22H22FN9O2/c1-13(33)34-11-14-2-4-15(5-3-14)32-21-18(30-22(32)19-20(25)28-9-8-27-19)7-6-17(29-21)16(24)10-31(26)12-23/h2-10H,11-12,24,26H2,1H3,(H2,25,28)/b16-10-. The summed E-state index contributed by atoms with van der Waals surface area (Å²) >= 11 is 0. The van der Waals surface area contributed by atoms with E-state index < -0.39 is 6.80 Å². The molecule has 0 aliphatic rings. The third kappa shape index (κ3) is 4.61. The first-order valence-corrected chi connectivity index (χ1v) is 10.1. The summed E-state index contributed by atoms with van der Waals surface area (Å²) in [7, 11) is 0. The Balaban J connectivity index is 1.88. The number of anilines is 1. The van der Waals surface area contributed by atoms with E-state index in [9.17, 15) is 9.18 Å². The second-order valence-electron chi connectivity index (χ2n) is 7.27. The number of hydrogen-bond acceptors (Lipinski definition) is 10. The summed E-state index contributed by atoms with van der Waals surface area (Å²) in [6, 6.07) is 10.7. The van der Waals surface area contributed by atoms with Crippen molar-refractivity contribution in [3.63, 3.8) is 0 Å². The van der Waals surface area contributed by atoms with Gasteiger partial charge in [-0.25, -0.2) is 30.2 Å². The Morgan fingerprint density at radius 1 is 1.15 bits per heavy atom. The smallest absolute Gasteiger partial charge is 0.302 e. The number of pyridine rings is 1. The van der Waals surface area contributed by atoms with E-state index >= 15 is 0 Å². The van der Waals surface area contributed by atoms with Gasteiger partial charge < -0.3 is 16.2 Å². The zero-order chi connectivity index (χ0) is 24.2. The number of imidazole rings is 1. The second kappa shape index (κ2) is 9.50. The number of hydrogen-bond donors (Lipinski definition) is 3. The summed E-state index contributed by atoms with van der Waals surface area (Å²) in [4.78, 5) is 28.9. The van der Waals surface area contributed by atoms with Gasteiger partial charge >= 0.3 is 5.97 Å². The first kappa shape index (κ1) is 22.6. The fourth-order valence-electron chi connectivity index (χ4n) is 3.25. The number of nitrogens with two attached hydrogens (primary N) is 3. The van der Waals surface area contributed by atoms with Crippen LogP contribution in [0.4, 0.5) is 10.2 Å². The van der Waals surface area contributed by atoms with Gasteiger partial charge in [-0.2, -0.15) is 0 Å². The molecule has 4 rings (SSSR count). The summed E-state index contributed by atoms with van der Waals surface area (Å²) in [6.07, 6.45) is 4.26. The minimum absolute atomic E-state index is 0.151. The number of carbonyl (C=O) groups is 1. The van der Waals surface area contributed by atoms with Crippen molar-refractivity contribution in [3.8, 4) is 17.2 Å². The first-order valence-electron chi connectivity index (χ1n) is 10.1. The molecule has 0 atom stereocenters. The summed E-state index contributed by atoms with van der Waals surface area (Å²) in [6.45, 7) is 0.596. The molecule has 4 aromatic rings. The zero-order valence-corrected chi connectivity index (χ0v) is 18.2. The van der Waals surface area contributed by atoms with Crippen molar-refractivity contribution in [1.82, 2.24) is 29.5 Å². The van der Waals surface area contributed by atoms with Gasteiger partial charge in [-0.15, -0.1) is 0 Å². The minimum Gasteiger partial charge on any atom is -0.461 e. The monoisotopic (exact) mass is 463 g/mol. The summed E-state index contributed by atoms with van der Waals surface area (Å²) < 4.78 is 19.6. The number of nitrogen functional groups attached to an aromatic ring is 1. The molecule has 11 nitrogen and oxygen atoms in total. The van der Waals surface area contributed by atoms with Gasteiger partial charge in [0.25, 0.3) is 0 Å². The molecule has 0 bridgehead atoms. The van der Waals surface area contributed by atoms with Crippen LogP contribution in [0.25, 0.3) is 34.1 Å². The number of carbonyl (C=O) groups excluding carboxylic acids is 1. The Labute approximate surface area is 193 Å². The van der Waals surface area contributed by atoms with Crippen molar-refractivity contribution in [2.75, 3.05) is 12.5 Å². The van der Waals surface area contributed by atoms with Crippen molar-refractivity contribution in [2.24, 2.45) is 11.6 Å². The third-order valence-corrected chi connectivity index (χ3v) is 4.82. The van der Waals surface area contributed by atoms with E-state index in [1.807, 2.05) is 24.3 Å². The van der Waals surface area contributed by atoms with E-state index in [0.717, 1.165) is 10.6 Å². The van der Waals surface area contributed by atoms with Crippen LogP contribution in [0.1, 0.15) is 18.2 Å². The van der Waals surface area contributed by atoms with Gasteiger partial charge in [-0.05, 0) is 29.8 Å². The number of halogens is 1. The Kier molecular flexibility index (Phi) is 6.32. The summed E-state index contributed by atoms with van der Waals surface area (Å²) in [5.41, 5.74) is 15.6. The highest BCUT2D eigenvalue weighted by molar-refractivity contribution is 5.82. The molecule has 174 valence electrons. The highest BCUT2D eigenvalue weighted by Crippen LogP contribution is 2.29. The lowest BCUT2D eigenvalue weighted by Gasteiger charge is -2.12. The van der Waals surface area contributed by atoms with Gasteiger partial charge in [0.15, 0.2) is 24.1 Å². The molecule has 0 radical (unpaired) electrons. The number of aromatic nitrogens is 5. The number of rotatable bonds is 7. The molecule has 0 unspecified atom stereocenters. The van der Waals surface area contributed by atoms with Crippen LogP contribution in [0, 0.1) is 0 Å².